The van der Waals surface area contributed by atoms with Crippen molar-refractivity contribution in [3.8, 4) is 6.07 Å². The molecule has 0 aliphatic heterocycles. The Kier molecular flexibility index (Phi) is 6.93. The van der Waals surface area contributed by atoms with Crippen LogP contribution in [-0.4, -0.2) is 25.0 Å². The van der Waals surface area contributed by atoms with Crippen LogP contribution in [0.3, 0.4) is 0 Å². The molecule has 1 aromatic carbocycles. The number of esters is 1. The molecule has 6 nitrogen and oxygen atoms in total. The molecule has 0 aliphatic rings. The van der Waals surface area contributed by atoms with Crippen molar-refractivity contribution in [2.24, 2.45) is 0 Å². The topological polar surface area (TPSA) is 91.2 Å². The number of benzene rings is 1. The first kappa shape index (κ1) is 17.5. The zero-order chi connectivity index (χ0) is 16.5. The quantitative estimate of drug-likeness (QED) is 0.476. The molecule has 0 bridgehead atoms. The van der Waals surface area contributed by atoms with E-state index in [0.717, 1.165) is 0 Å². The van der Waals surface area contributed by atoms with Crippen molar-refractivity contribution in [2.75, 3.05) is 18.5 Å². The van der Waals surface area contributed by atoms with Gasteiger partial charge in [0, 0.05) is 16.9 Å². The summed E-state index contributed by atoms with van der Waals surface area (Å²) in [6, 6.07) is 6.84. The average molecular weight is 322 g/mol. The van der Waals surface area contributed by atoms with E-state index >= 15 is 0 Å². The summed E-state index contributed by atoms with van der Waals surface area (Å²) in [7, 11) is 0. The number of nitrogens with one attached hydrogen (secondary N) is 2. The van der Waals surface area contributed by atoms with Gasteiger partial charge in [0.05, 0.1) is 6.61 Å². The average Bonchev–Trinajstić information content (AvgIpc) is 2.48. The Morgan fingerprint density at radius 1 is 1.45 bits per heavy atom. The van der Waals surface area contributed by atoms with Gasteiger partial charge < -0.3 is 15.4 Å². The van der Waals surface area contributed by atoms with E-state index in [4.69, 9.17) is 21.6 Å². The number of rotatable bonds is 6. The molecule has 0 unspecified atom stereocenters. The van der Waals surface area contributed by atoms with E-state index in [1.54, 1.807) is 38.1 Å². The van der Waals surface area contributed by atoms with Gasteiger partial charge in [-0.3, -0.25) is 9.59 Å². The summed E-state index contributed by atoms with van der Waals surface area (Å²) >= 11 is 5.96. The van der Waals surface area contributed by atoms with E-state index in [1.165, 1.54) is 6.20 Å². The fraction of sp³-hybridized carbons (Fsp3) is 0.267. The van der Waals surface area contributed by atoms with Gasteiger partial charge in [-0.15, -0.1) is 0 Å². The lowest BCUT2D eigenvalue weighted by Crippen LogP contribution is -2.23. The van der Waals surface area contributed by atoms with Crippen molar-refractivity contribution >= 4 is 29.2 Å². The lowest BCUT2D eigenvalue weighted by atomic mass is 10.2. The molecule has 0 saturated carbocycles. The molecule has 116 valence electrons. The minimum atomic E-state index is -0.593. The third kappa shape index (κ3) is 5.11. The van der Waals surface area contributed by atoms with Crippen LogP contribution in [0.4, 0.5) is 5.69 Å². The summed E-state index contributed by atoms with van der Waals surface area (Å²) in [5.41, 5.74) is 1.06. The maximum Gasteiger partial charge on any atom is 0.325 e. The third-order valence-electron chi connectivity index (χ3n) is 2.68. The Bertz CT molecular complexity index is 635. The molecule has 2 N–H and O–H groups in total. The molecule has 7 heteroatoms. The maximum atomic E-state index is 12.0. The number of nitrogens with zero attached hydrogens (tertiary/aromatic N) is 1. The van der Waals surface area contributed by atoms with Crippen molar-refractivity contribution in [3.63, 3.8) is 0 Å². The lowest BCUT2D eigenvalue weighted by molar-refractivity contribution is -0.141. The Labute approximate surface area is 133 Å². The second-order valence-electron chi connectivity index (χ2n) is 4.22. The highest BCUT2D eigenvalue weighted by Crippen LogP contribution is 2.23. The van der Waals surface area contributed by atoms with E-state index < -0.39 is 11.9 Å². The highest BCUT2D eigenvalue weighted by molar-refractivity contribution is 6.31. The molecular weight excluding hydrogens is 306 g/mol. The molecule has 0 fully saturated rings. The van der Waals surface area contributed by atoms with Crippen molar-refractivity contribution in [1.29, 1.82) is 5.26 Å². The number of nitriles is 1. The first-order valence-corrected chi connectivity index (χ1v) is 6.93. The fourth-order valence-electron chi connectivity index (χ4n) is 1.53. The molecule has 0 heterocycles. The van der Waals surface area contributed by atoms with E-state index in [1.807, 2.05) is 0 Å². The van der Waals surface area contributed by atoms with Crippen molar-refractivity contribution in [3.05, 3.63) is 40.6 Å². The number of carbonyl (C=O) groups is 2. The molecule has 0 aliphatic carbocycles. The third-order valence-corrected chi connectivity index (χ3v) is 3.09. The van der Waals surface area contributed by atoms with Gasteiger partial charge in [0.1, 0.15) is 18.2 Å². The zero-order valence-electron chi connectivity index (χ0n) is 12.3. The summed E-state index contributed by atoms with van der Waals surface area (Å²) < 4.78 is 4.71. The number of carbonyl (C=O) groups excluding carboxylic acids is 2. The predicted octanol–water partition coefficient (Wildman–Crippen LogP) is 2.15. The van der Waals surface area contributed by atoms with Crippen molar-refractivity contribution < 1.29 is 14.3 Å². The second-order valence-corrected chi connectivity index (χ2v) is 4.63. The van der Waals surface area contributed by atoms with Crippen molar-refractivity contribution in [2.45, 2.75) is 13.8 Å². The van der Waals surface area contributed by atoms with E-state index in [2.05, 4.69) is 10.6 Å². The van der Waals surface area contributed by atoms with Crippen LogP contribution in [0.5, 0.6) is 0 Å². The van der Waals surface area contributed by atoms with Gasteiger partial charge >= 0.3 is 5.97 Å². The van der Waals surface area contributed by atoms with Gasteiger partial charge in [0.15, 0.2) is 0 Å². The van der Waals surface area contributed by atoms with Crippen LogP contribution in [0.15, 0.2) is 30.0 Å². The maximum absolute atomic E-state index is 12.0. The molecule has 0 spiro atoms. The standard InChI is InChI=1S/C15H16ClN3O3/c1-3-22-14(20)9-18-8-11(7-17)15(21)19-13-6-4-5-12(16)10(13)2/h4-6,8,18H,3,9H2,1-2H3,(H,19,21)/b11-8-. The van der Waals surface area contributed by atoms with E-state index in [9.17, 15) is 9.59 Å². The largest absolute Gasteiger partial charge is 0.465 e. The SMILES string of the molecule is CCOC(=O)CN/C=C(/C#N)C(=O)Nc1cccc(Cl)c1C. The van der Waals surface area contributed by atoms with Crippen LogP contribution >= 0.6 is 11.6 Å². The minimum Gasteiger partial charge on any atom is -0.465 e. The number of hydrogen-bond donors (Lipinski definition) is 2. The second kappa shape index (κ2) is 8.70. The summed E-state index contributed by atoms with van der Waals surface area (Å²) in [6.07, 6.45) is 1.17. The van der Waals surface area contributed by atoms with Crippen LogP contribution in [-0.2, 0) is 14.3 Å². The molecule has 22 heavy (non-hydrogen) atoms. The van der Waals surface area contributed by atoms with Gasteiger partial charge in [-0.25, -0.2) is 0 Å². The highest BCUT2D eigenvalue weighted by atomic mass is 35.5. The smallest absolute Gasteiger partial charge is 0.325 e. The van der Waals surface area contributed by atoms with E-state index in [-0.39, 0.29) is 18.7 Å². The van der Waals surface area contributed by atoms with E-state index in [0.29, 0.717) is 16.3 Å². The highest BCUT2D eigenvalue weighted by Gasteiger charge is 2.11. The predicted molar refractivity (Wildman–Crippen MR) is 83.2 cm³/mol. The fourth-order valence-corrected chi connectivity index (χ4v) is 1.70. The Hall–Kier alpha value is -2.52. The molecule has 0 aromatic heterocycles. The first-order chi connectivity index (χ1) is 10.5. The number of halogens is 1. The zero-order valence-corrected chi connectivity index (χ0v) is 13.0. The Balaban J connectivity index is 2.71. The van der Waals surface area contributed by atoms with Gasteiger partial charge in [-0.05, 0) is 31.5 Å². The first-order valence-electron chi connectivity index (χ1n) is 6.55. The van der Waals surface area contributed by atoms with Gasteiger partial charge in [0.25, 0.3) is 5.91 Å². The van der Waals surface area contributed by atoms with Crippen molar-refractivity contribution in [1.82, 2.24) is 5.32 Å². The number of ether oxygens (including phenoxy) is 1. The van der Waals surface area contributed by atoms with Crippen LogP contribution in [0.2, 0.25) is 5.02 Å². The van der Waals surface area contributed by atoms with Gasteiger partial charge in [0.2, 0.25) is 0 Å². The molecule has 1 amide bonds. The minimum absolute atomic E-state index is 0.123. The molecule has 0 saturated heterocycles. The monoisotopic (exact) mass is 321 g/mol. The number of anilines is 1. The van der Waals surface area contributed by atoms with Gasteiger partial charge in [-0.1, -0.05) is 17.7 Å². The lowest BCUT2D eigenvalue weighted by Gasteiger charge is -2.09. The number of amides is 1. The van der Waals surface area contributed by atoms with Crippen LogP contribution in [0, 0.1) is 18.3 Å². The molecule has 0 atom stereocenters. The normalized spacial score (nSPS) is 10.5. The molecule has 1 aromatic rings. The Morgan fingerprint density at radius 3 is 2.82 bits per heavy atom. The Morgan fingerprint density at radius 2 is 2.18 bits per heavy atom. The molecular formula is C15H16ClN3O3. The molecule has 0 radical (unpaired) electrons. The summed E-state index contributed by atoms with van der Waals surface area (Å²) in [5.74, 6) is -1.06. The summed E-state index contributed by atoms with van der Waals surface area (Å²) in [5, 5.41) is 14.7. The van der Waals surface area contributed by atoms with Crippen LogP contribution in [0.25, 0.3) is 0 Å². The summed E-state index contributed by atoms with van der Waals surface area (Å²) in [4.78, 5) is 23.2. The van der Waals surface area contributed by atoms with Crippen LogP contribution < -0.4 is 10.6 Å². The van der Waals surface area contributed by atoms with Crippen LogP contribution in [0.1, 0.15) is 12.5 Å². The van der Waals surface area contributed by atoms with Gasteiger partial charge in [-0.2, -0.15) is 5.26 Å². The number of hydrogen-bond acceptors (Lipinski definition) is 5. The summed E-state index contributed by atoms with van der Waals surface area (Å²) in [6.45, 7) is 3.59. The molecule has 1 rings (SSSR count).